The number of hydrogen-bond donors (Lipinski definition) is 1. The molecule has 1 fully saturated rings. The molecule has 1 aliphatic heterocycles. The van der Waals surface area contributed by atoms with E-state index in [0.717, 1.165) is 56.4 Å². The van der Waals surface area contributed by atoms with Gasteiger partial charge in [0.1, 0.15) is 11.6 Å². The van der Waals surface area contributed by atoms with E-state index in [2.05, 4.69) is 26.1 Å². The van der Waals surface area contributed by atoms with Gasteiger partial charge in [0.15, 0.2) is 0 Å². The maximum Gasteiger partial charge on any atom is 0.343 e. The number of nitrogens with one attached hydrogen (secondary N) is 1. The number of anilines is 1. The van der Waals surface area contributed by atoms with Crippen molar-refractivity contribution in [1.29, 1.82) is 0 Å². The van der Waals surface area contributed by atoms with Gasteiger partial charge in [-0.2, -0.15) is 5.10 Å². The molecule has 3 rings (SSSR count). The van der Waals surface area contributed by atoms with E-state index in [0.29, 0.717) is 6.54 Å². The van der Waals surface area contributed by atoms with Crippen molar-refractivity contribution in [3.63, 3.8) is 0 Å². The third-order valence-corrected chi connectivity index (χ3v) is 4.60. The molecule has 0 radical (unpaired) electrons. The summed E-state index contributed by atoms with van der Waals surface area (Å²) in [7, 11) is 1.71. The van der Waals surface area contributed by atoms with Crippen LogP contribution in [0.2, 0.25) is 0 Å². The molecule has 24 heavy (non-hydrogen) atoms. The Morgan fingerprint density at radius 3 is 2.67 bits per heavy atom. The molecule has 2 aromatic rings. The van der Waals surface area contributed by atoms with Gasteiger partial charge in [-0.3, -0.25) is 9.47 Å². The van der Waals surface area contributed by atoms with Crippen molar-refractivity contribution in [1.82, 2.24) is 19.7 Å². The molecule has 0 unspecified atom stereocenters. The van der Waals surface area contributed by atoms with Crippen LogP contribution in [0.15, 0.2) is 29.1 Å². The molecular weight excluding hydrogens is 306 g/mol. The summed E-state index contributed by atoms with van der Waals surface area (Å²) in [6.07, 6.45) is 0.793. The fraction of sp³-hybridized carbons (Fsp3) is 0.529. The van der Waals surface area contributed by atoms with E-state index in [1.54, 1.807) is 11.7 Å². The number of ether oxygens (including phenoxy) is 1. The molecule has 7 heteroatoms. The molecule has 2 heterocycles. The SMILES string of the molecule is CCn1c(CCN2CCN(c3ccccc3OC)CC2)n[nH]c1=O. The fourth-order valence-corrected chi connectivity index (χ4v) is 3.23. The first kappa shape index (κ1) is 16.6. The van der Waals surface area contributed by atoms with Crippen LogP contribution >= 0.6 is 0 Å². The average Bonchev–Trinajstić information content (AvgIpc) is 3.00. The zero-order valence-corrected chi connectivity index (χ0v) is 14.4. The van der Waals surface area contributed by atoms with E-state index in [9.17, 15) is 4.79 Å². The number of nitrogens with zero attached hydrogens (tertiary/aromatic N) is 4. The first-order valence-corrected chi connectivity index (χ1v) is 8.47. The molecular formula is C17H25N5O2. The van der Waals surface area contributed by atoms with Gasteiger partial charge in [-0.25, -0.2) is 9.89 Å². The number of benzene rings is 1. The van der Waals surface area contributed by atoms with Gasteiger partial charge in [0.2, 0.25) is 0 Å². The number of piperazine rings is 1. The zero-order valence-electron chi connectivity index (χ0n) is 14.4. The third kappa shape index (κ3) is 3.46. The van der Waals surface area contributed by atoms with E-state index in [4.69, 9.17) is 4.74 Å². The zero-order chi connectivity index (χ0) is 16.9. The summed E-state index contributed by atoms with van der Waals surface area (Å²) in [6.45, 7) is 7.49. The van der Waals surface area contributed by atoms with Gasteiger partial charge in [0, 0.05) is 45.7 Å². The van der Waals surface area contributed by atoms with Gasteiger partial charge in [-0.1, -0.05) is 12.1 Å². The fourth-order valence-electron chi connectivity index (χ4n) is 3.23. The lowest BCUT2D eigenvalue weighted by Gasteiger charge is -2.36. The molecule has 1 N–H and O–H groups in total. The Bertz CT molecular complexity index is 716. The van der Waals surface area contributed by atoms with Gasteiger partial charge < -0.3 is 9.64 Å². The number of para-hydroxylation sites is 2. The second kappa shape index (κ2) is 7.53. The molecule has 130 valence electrons. The lowest BCUT2D eigenvalue weighted by atomic mass is 10.2. The van der Waals surface area contributed by atoms with Crippen molar-refractivity contribution in [2.45, 2.75) is 19.9 Å². The minimum atomic E-state index is -0.117. The molecule has 0 saturated carbocycles. The second-order valence-corrected chi connectivity index (χ2v) is 5.94. The maximum atomic E-state index is 11.6. The van der Waals surface area contributed by atoms with Crippen LogP contribution in [-0.2, 0) is 13.0 Å². The lowest BCUT2D eigenvalue weighted by Crippen LogP contribution is -2.47. The van der Waals surface area contributed by atoms with Crippen LogP contribution in [0, 0.1) is 0 Å². The number of methoxy groups -OCH3 is 1. The van der Waals surface area contributed by atoms with Crippen LogP contribution in [0.3, 0.4) is 0 Å². The summed E-state index contributed by atoms with van der Waals surface area (Å²) in [5, 5.41) is 6.66. The number of hydrogen-bond acceptors (Lipinski definition) is 5. The van der Waals surface area contributed by atoms with Crippen LogP contribution in [0.25, 0.3) is 0 Å². The first-order chi connectivity index (χ1) is 11.7. The summed E-state index contributed by atoms with van der Waals surface area (Å²) < 4.78 is 7.16. The highest BCUT2D eigenvalue weighted by molar-refractivity contribution is 5.58. The molecule has 0 bridgehead atoms. The monoisotopic (exact) mass is 331 g/mol. The number of H-pyrrole nitrogens is 1. The Kier molecular flexibility index (Phi) is 5.20. The summed E-state index contributed by atoms with van der Waals surface area (Å²) in [6, 6.07) is 8.16. The van der Waals surface area contributed by atoms with Crippen molar-refractivity contribution >= 4 is 5.69 Å². The van der Waals surface area contributed by atoms with Gasteiger partial charge in [0.05, 0.1) is 12.8 Å². The van der Waals surface area contributed by atoms with E-state index in [-0.39, 0.29) is 5.69 Å². The molecule has 7 nitrogen and oxygen atoms in total. The van der Waals surface area contributed by atoms with Gasteiger partial charge in [-0.15, -0.1) is 0 Å². The minimum Gasteiger partial charge on any atom is -0.495 e. The predicted molar refractivity (Wildman–Crippen MR) is 93.9 cm³/mol. The van der Waals surface area contributed by atoms with Gasteiger partial charge >= 0.3 is 5.69 Å². The minimum absolute atomic E-state index is 0.117. The summed E-state index contributed by atoms with van der Waals surface area (Å²) >= 11 is 0. The van der Waals surface area contributed by atoms with E-state index >= 15 is 0 Å². The Labute approximate surface area is 141 Å². The Morgan fingerprint density at radius 2 is 1.96 bits per heavy atom. The number of rotatable bonds is 6. The normalized spacial score (nSPS) is 15.7. The highest BCUT2D eigenvalue weighted by Crippen LogP contribution is 2.28. The quantitative estimate of drug-likeness (QED) is 0.854. The lowest BCUT2D eigenvalue weighted by molar-refractivity contribution is 0.257. The molecule has 0 atom stereocenters. The molecule has 1 saturated heterocycles. The van der Waals surface area contributed by atoms with Crippen LogP contribution in [0.1, 0.15) is 12.7 Å². The first-order valence-electron chi connectivity index (χ1n) is 8.47. The maximum absolute atomic E-state index is 11.6. The largest absolute Gasteiger partial charge is 0.495 e. The Hall–Kier alpha value is -2.28. The van der Waals surface area contributed by atoms with Crippen LogP contribution in [0.4, 0.5) is 5.69 Å². The van der Waals surface area contributed by atoms with Crippen LogP contribution in [-0.4, -0.2) is 59.5 Å². The van der Waals surface area contributed by atoms with E-state index in [1.165, 1.54) is 0 Å². The third-order valence-electron chi connectivity index (χ3n) is 4.60. The van der Waals surface area contributed by atoms with Crippen molar-refractivity contribution in [3.8, 4) is 5.75 Å². The molecule has 1 aromatic heterocycles. The van der Waals surface area contributed by atoms with Crippen molar-refractivity contribution in [2.24, 2.45) is 0 Å². The Morgan fingerprint density at radius 1 is 1.21 bits per heavy atom. The molecule has 0 spiro atoms. The van der Waals surface area contributed by atoms with Gasteiger partial charge in [-0.05, 0) is 19.1 Å². The highest BCUT2D eigenvalue weighted by Gasteiger charge is 2.20. The van der Waals surface area contributed by atoms with Gasteiger partial charge in [0.25, 0.3) is 0 Å². The smallest absolute Gasteiger partial charge is 0.343 e. The average molecular weight is 331 g/mol. The van der Waals surface area contributed by atoms with Crippen molar-refractivity contribution in [2.75, 3.05) is 44.7 Å². The molecule has 1 aliphatic rings. The summed E-state index contributed by atoms with van der Waals surface area (Å²) in [5.41, 5.74) is 1.04. The molecule has 0 amide bonds. The molecule has 1 aromatic carbocycles. The number of aromatic amines is 1. The topological polar surface area (TPSA) is 66.4 Å². The second-order valence-electron chi connectivity index (χ2n) is 5.94. The van der Waals surface area contributed by atoms with Crippen molar-refractivity contribution < 1.29 is 4.74 Å². The highest BCUT2D eigenvalue weighted by atomic mass is 16.5. The van der Waals surface area contributed by atoms with E-state index in [1.807, 2.05) is 25.1 Å². The predicted octanol–water partition coefficient (Wildman–Crippen LogP) is 0.965. The Balaban J connectivity index is 1.54. The number of aromatic nitrogens is 3. The standard InChI is InChI=1S/C17H25N5O2/c1-3-22-16(18-19-17(22)23)8-9-20-10-12-21(13-11-20)14-6-4-5-7-15(14)24-2/h4-7H,3,8-13H2,1-2H3,(H,19,23). The summed E-state index contributed by atoms with van der Waals surface area (Å²) in [5.74, 6) is 1.77. The van der Waals surface area contributed by atoms with Crippen LogP contribution in [0.5, 0.6) is 5.75 Å². The van der Waals surface area contributed by atoms with Crippen LogP contribution < -0.4 is 15.3 Å². The molecule has 0 aliphatic carbocycles. The van der Waals surface area contributed by atoms with E-state index < -0.39 is 0 Å². The van der Waals surface area contributed by atoms with Crippen molar-refractivity contribution in [3.05, 3.63) is 40.6 Å². The summed E-state index contributed by atoms with van der Waals surface area (Å²) in [4.78, 5) is 16.4.